The monoisotopic (exact) mass is 418 g/mol. The highest BCUT2D eigenvalue weighted by molar-refractivity contribution is 5.98. The van der Waals surface area contributed by atoms with Crippen LogP contribution in [0.3, 0.4) is 0 Å². The van der Waals surface area contributed by atoms with Crippen LogP contribution in [0, 0.1) is 0 Å². The van der Waals surface area contributed by atoms with Crippen molar-refractivity contribution < 1.29 is 9.53 Å². The number of aromatic nitrogens is 2. The van der Waals surface area contributed by atoms with E-state index in [2.05, 4.69) is 27.9 Å². The second-order valence-corrected chi connectivity index (χ2v) is 8.80. The van der Waals surface area contributed by atoms with Gasteiger partial charge in [0.05, 0.1) is 24.2 Å². The SMILES string of the molecule is CN1CCC(c2nc3ccc(CC(=O)c4ccc(N5CCOCC5)cc4)cc3[nH]2)CC1. The minimum absolute atomic E-state index is 0.142. The van der Waals surface area contributed by atoms with Gasteiger partial charge in [-0.25, -0.2) is 4.98 Å². The van der Waals surface area contributed by atoms with Gasteiger partial charge >= 0.3 is 0 Å². The van der Waals surface area contributed by atoms with E-state index in [-0.39, 0.29) is 5.78 Å². The van der Waals surface area contributed by atoms with Gasteiger partial charge in [0.1, 0.15) is 5.82 Å². The van der Waals surface area contributed by atoms with Crippen molar-refractivity contribution in [2.24, 2.45) is 0 Å². The van der Waals surface area contributed by atoms with Gasteiger partial charge in [0.15, 0.2) is 5.78 Å². The van der Waals surface area contributed by atoms with Crippen LogP contribution < -0.4 is 4.90 Å². The topological polar surface area (TPSA) is 61.5 Å². The van der Waals surface area contributed by atoms with Gasteiger partial charge in [0.25, 0.3) is 0 Å². The number of morpholine rings is 1. The van der Waals surface area contributed by atoms with E-state index in [4.69, 9.17) is 9.72 Å². The molecule has 0 atom stereocenters. The van der Waals surface area contributed by atoms with Gasteiger partial charge in [0.2, 0.25) is 0 Å². The summed E-state index contributed by atoms with van der Waals surface area (Å²) in [4.78, 5) is 25.9. The van der Waals surface area contributed by atoms with Crippen LogP contribution in [-0.4, -0.2) is 67.1 Å². The number of imidazole rings is 1. The van der Waals surface area contributed by atoms with Crippen molar-refractivity contribution in [3.05, 3.63) is 59.4 Å². The molecule has 6 nitrogen and oxygen atoms in total. The van der Waals surface area contributed by atoms with Crippen molar-refractivity contribution in [1.29, 1.82) is 0 Å². The number of rotatable bonds is 5. The number of ketones is 1. The van der Waals surface area contributed by atoms with Crippen LogP contribution in [0.25, 0.3) is 11.0 Å². The molecule has 0 saturated carbocycles. The third kappa shape index (κ3) is 4.50. The molecule has 0 unspecified atom stereocenters. The molecule has 0 radical (unpaired) electrons. The first kappa shape index (κ1) is 20.2. The van der Waals surface area contributed by atoms with Gasteiger partial charge in [-0.2, -0.15) is 0 Å². The Hall–Kier alpha value is -2.70. The third-order valence-electron chi connectivity index (χ3n) is 6.60. The van der Waals surface area contributed by atoms with Crippen molar-refractivity contribution in [2.45, 2.75) is 25.2 Å². The van der Waals surface area contributed by atoms with Crippen LogP contribution >= 0.6 is 0 Å². The van der Waals surface area contributed by atoms with Gasteiger partial charge in [-0.1, -0.05) is 6.07 Å². The Labute approximate surface area is 183 Å². The maximum absolute atomic E-state index is 12.9. The minimum atomic E-state index is 0.142. The largest absolute Gasteiger partial charge is 0.378 e. The summed E-state index contributed by atoms with van der Waals surface area (Å²) in [6, 6.07) is 14.1. The zero-order chi connectivity index (χ0) is 21.2. The third-order valence-corrected chi connectivity index (χ3v) is 6.60. The molecular formula is C25H30N4O2. The Morgan fingerprint density at radius 1 is 1.06 bits per heavy atom. The van der Waals surface area contributed by atoms with Crippen LogP contribution in [0.1, 0.15) is 40.5 Å². The molecule has 0 bridgehead atoms. The molecule has 162 valence electrons. The first-order valence-electron chi connectivity index (χ1n) is 11.3. The number of aromatic amines is 1. The highest BCUT2D eigenvalue weighted by atomic mass is 16.5. The molecule has 31 heavy (non-hydrogen) atoms. The summed E-state index contributed by atoms with van der Waals surface area (Å²) in [5, 5.41) is 0. The predicted octanol–water partition coefficient (Wildman–Crippen LogP) is 3.63. The molecule has 2 fully saturated rings. The van der Waals surface area contributed by atoms with Crippen LogP contribution in [-0.2, 0) is 11.2 Å². The standard InChI is InChI=1S/C25H30N4O2/c1-28-10-8-20(9-11-28)25-26-22-7-2-18(16-23(22)27-25)17-24(30)19-3-5-21(6-4-19)29-12-14-31-15-13-29/h2-7,16,20H,8-15,17H2,1H3,(H,26,27). The number of hydrogen-bond acceptors (Lipinski definition) is 5. The van der Waals surface area contributed by atoms with Crippen LogP contribution in [0.4, 0.5) is 5.69 Å². The number of piperidine rings is 1. The van der Waals surface area contributed by atoms with Gasteiger partial charge in [-0.05, 0) is 74.9 Å². The minimum Gasteiger partial charge on any atom is -0.378 e. The number of likely N-dealkylation sites (tertiary alicyclic amines) is 1. The average molecular weight is 419 g/mol. The first-order valence-corrected chi connectivity index (χ1v) is 11.3. The molecule has 2 aromatic carbocycles. The Morgan fingerprint density at radius 3 is 2.55 bits per heavy atom. The Kier molecular flexibility index (Phi) is 5.74. The molecule has 0 spiro atoms. The van der Waals surface area contributed by atoms with Crippen molar-refractivity contribution >= 4 is 22.5 Å². The number of fused-ring (bicyclic) bond motifs is 1. The van der Waals surface area contributed by atoms with Gasteiger partial charge in [-0.15, -0.1) is 0 Å². The van der Waals surface area contributed by atoms with E-state index in [0.29, 0.717) is 12.3 Å². The van der Waals surface area contributed by atoms with E-state index in [1.54, 1.807) is 0 Å². The highest BCUT2D eigenvalue weighted by Crippen LogP contribution is 2.27. The molecule has 5 rings (SSSR count). The maximum Gasteiger partial charge on any atom is 0.167 e. The predicted molar refractivity (Wildman–Crippen MR) is 123 cm³/mol. The number of benzene rings is 2. The molecule has 6 heteroatoms. The highest BCUT2D eigenvalue weighted by Gasteiger charge is 2.21. The van der Waals surface area contributed by atoms with Gasteiger partial charge < -0.3 is 19.5 Å². The molecule has 2 aliphatic heterocycles. The van der Waals surface area contributed by atoms with E-state index in [9.17, 15) is 4.79 Å². The second-order valence-electron chi connectivity index (χ2n) is 8.80. The van der Waals surface area contributed by atoms with Crippen LogP contribution in [0.2, 0.25) is 0 Å². The zero-order valence-corrected chi connectivity index (χ0v) is 18.1. The van der Waals surface area contributed by atoms with E-state index >= 15 is 0 Å². The van der Waals surface area contributed by atoms with E-state index in [0.717, 1.165) is 85.9 Å². The summed E-state index contributed by atoms with van der Waals surface area (Å²) in [5.74, 6) is 1.73. The summed E-state index contributed by atoms with van der Waals surface area (Å²) in [6.07, 6.45) is 2.68. The fraction of sp³-hybridized carbons (Fsp3) is 0.440. The number of nitrogens with zero attached hydrogens (tertiary/aromatic N) is 3. The number of nitrogens with one attached hydrogen (secondary N) is 1. The maximum atomic E-state index is 12.9. The summed E-state index contributed by atoms with van der Waals surface area (Å²) in [6.45, 7) is 5.55. The van der Waals surface area contributed by atoms with Crippen molar-refractivity contribution in [3.63, 3.8) is 0 Å². The summed E-state index contributed by atoms with van der Waals surface area (Å²) >= 11 is 0. The summed E-state index contributed by atoms with van der Waals surface area (Å²) in [5.41, 5.74) is 4.95. The normalized spacial score (nSPS) is 18.5. The van der Waals surface area contributed by atoms with E-state index in [1.807, 2.05) is 36.4 Å². The van der Waals surface area contributed by atoms with Crippen LogP contribution in [0.15, 0.2) is 42.5 Å². The van der Waals surface area contributed by atoms with E-state index < -0.39 is 0 Å². The lowest BCUT2D eigenvalue weighted by Gasteiger charge is -2.28. The smallest absolute Gasteiger partial charge is 0.167 e. The Bertz CT molecular complexity index is 1050. The molecule has 3 heterocycles. The van der Waals surface area contributed by atoms with Crippen molar-refractivity contribution in [1.82, 2.24) is 14.9 Å². The number of hydrogen-bond donors (Lipinski definition) is 1. The number of Topliss-reactive ketones (excluding diaryl/α,β-unsaturated/α-hetero) is 1. The summed E-state index contributed by atoms with van der Waals surface area (Å²) < 4.78 is 5.42. The fourth-order valence-corrected chi connectivity index (χ4v) is 4.63. The lowest BCUT2D eigenvalue weighted by Crippen LogP contribution is -2.36. The number of carbonyl (C=O) groups excluding carboxylic acids is 1. The fourth-order valence-electron chi connectivity index (χ4n) is 4.63. The first-order chi connectivity index (χ1) is 15.2. The molecule has 0 aliphatic carbocycles. The Balaban J connectivity index is 1.26. The van der Waals surface area contributed by atoms with E-state index in [1.165, 1.54) is 0 Å². The molecule has 2 saturated heterocycles. The molecule has 0 amide bonds. The molecule has 1 N–H and O–H groups in total. The summed E-state index contributed by atoms with van der Waals surface area (Å²) in [7, 11) is 2.17. The quantitative estimate of drug-likeness (QED) is 0.641. The number of ether oxygens (including phenoxy) is 1. The molecule has 3 aromatic rings. The van der Waals surface area contributed by atoms with Crippen molar-refractivity contribution in [2.75, 3.05) is 51.3 Å². The van der Waals surface area contributed by atoms with Gasteiger partial charge in [-0.3, -0.25) is 4.79 Å². The molecular weight excluding hydrogens is 388 g/mol. The number of anilines is 1. The lowest BCUT2D eigenvalue weighted by atomic mass is 9.97. The van der Waals surface area contributed by atoms with Crippen LogP contribution in [0.5, 0.6) is 0 Å². The van der Waals surface area contributed by atoms with Gasteiger partial charge in [0, 0.05) is 36.7 Å². The lowest BCUT2D eigenvalue weighted by molar-refractivity contribution is 0.0993. The number of carbonyl (C=O) groups is 1. The molecule has 2 aliphatic rings. The number of H-pyrrole nitrogens is 1. The Morgan fingerprint density at radius 2 is 1.81 bits per heavy atom. The second kappa shape index (κ2) is 8.81. The van der Waals surface area contributed by atoms with Crippen molar-refractivity contribution in [3.8, 4) is 0 Å². The average Bonchev–Trinajstić information content (AvgIpc) is 3.23. The zero-order valence-electron chi connectivity index (χ0n) is 18.1. The molecule has 1 aromatic heterocycles.